The van der Waals surface area contributed by atoms with E-state index in [1.54, 1.807) is 6.20 Å². The van der Waals surface area contributed by atoms with Crippen LogP contribution in [0.5, 0.6) is 0 Å². The summed E-state index contributed by atoms with van der Waals surface area (Å²) in [5, 5.41) is 24.6. The van der Waals surface area contributed by atoms with Crippen molar-refractivity contribution >= 4 is 59.4 Å². The number of imide groups is 1. The molecule has 1 saturated carbocycles. The predicted octanol–water partition coefficient (Wildman–Crippen LogP) is 6.90. The van der Waals surface area contributed by atoms with Gasteiger partial charge in [-0.25, -0.2) is 0 Å². The van der Waals surface area contributed by atoms with Crippen LogP contribution in [0.4, 0.5) is 15.4 Å². The molecule has 1 aliphatic carbocycles. The molecule has 1 fully saturated rings. The molecule has 4 rings (SSSR count). The Hall–Kier alpha value is -2.38. The van der Waals surface area contributed by atoms with Crippen LogP contribution in [-0.4, -0.2) is 70.0 Å². The van der Waals surface area contributed by atoms with Crippen LogP contribution < -0.4 is 8.68 Å². The van der Waals surface area contributed by atoms with Crippen LogP contribution in [0.1, 0.15) is 52.5 Å². The minimum atomic E-state index is -2.75. The van der Waals surface area contributed by atoms with Gasteiger partial charge >= 0.3 is 188 Å². The second kappa shape index (κ2) is 10.5. The second-order valence-corrected chi connectivity index (χ2v) is 32.0. The van der Waals surface area contributed by atoms with Gasteiger partial charge in [0.15, 0.2) is 8.32 Å². The fourth-order valence-corrected chi connectivity index (χ4v) is 8.97. The van der Waals surface area contributed by atoms with Crippen molar-refractivity contribution in [3.63, 3.8) is 0 Å². The Balaban J connectivity index is 1.62. The summed E-state index contributed by atoms with van der Waals surface area (Å²) in [4.78, 5) is 34.4. The summed E-state index contributed by atoms with van der Waals surface area (Å²) in [6, 6.07) is 2.19. The zero-order chi connectivity index (χ0) is 28.9. The molecular formula is C27H40N4O6SiSn. The first kappa shape index (κ1) is 29.6. The monoisotopic (exact) mass is 664 g/mol. The molecule has 0 radical (unpaired) electrons. The van der Waals surface area contributed by atoms with Crippen LogP contribution in [0, 0.1) is 0 Å². The maximum atomic E-state index is 11.7. The van der Waals surface area contributed by atoms with Crippen molar-refractivity contribution in [1.82, 2.24) is 14.8 Å². The van der Waals surface area contributed by atoms with Crippen molar-refractivity contribution in [2.45, 2.75) is 91.6 Å². The van der Waals surface area contributed by atoms with Gasteiger partial charge in [0.1, 0.15) is 0 Å². The molecule has 0 aromatic carbocycles. The van der Waals surface area contributed by atoms with E-state index in [1.165, 1.54) is 6.20 Å². The van der Waals surface area contributed by atoms with E-state index in [9.17, 15) is 19.8 Å². The Bertz CT molecular complexity index is 1370. The molecule has 10 nitrogen and oxygen atoms in total. The molecule has 1 aliphatic rings. The normalized spacial score (nSPS) is 18.9. The third-order valence-corrected chi connectivity index (χ3v) is 17.5. The van der Waals surface area contributed by atoms with Gasteiger partial charge in [-0.05, 0) is 18.1 Å². The van der Waals surface area contributed by atoms with E-state index in [-0.39, 0.29) is 33.5 Å². The van der Waals surface area contributed by atoms with Crippen molar-refractivity contribution in [2.75, 3.05) is 4.90 Å². The van der Waals surface area contributed by atoms with Gasteiger partial charge in [-0.1, -0.05) is 20.8 Å². The minimum absolute atomic E-state index is 0.162. The number of nitrogens with zero attached hydrogens (tertiary/aromatic N) is 4. The molecule has 3 aromatic heterocycles. The van der Waals surface area contributed by atoms with Crippen LogP contribution in [0.15, 0.2) is 29.1 Å². The molecule has 212 valence electrons. The number of anilines is 1. The Kier molecular flexibility index (Phi) is 8.00. The van der Waals surface area contributed by atoms with Gasteiger partial charge in [-0.3, -0.25) is 0 Å². The molecular weight excluding hydrogens is 623 g/mol. The van der Waals surface area contributed by atoms with Gasteiger partial charge in [0, 0.05) is 0 Å². The number of aromatic nitrogens is 3. The Morgan fingerprint density at radius 1 is 1.10 bits per heavy atom. The summed E-state index contributed by atoms with van der Waals surface area (Å²) in [5.74, 6) is -0.247. The average molecular weight is 663 g/mol. The molecule has 0 bridgehead atoms. The van der Waals surface area contributed by atoms with Crippen LogP contribution in [0.25, 0.3) is 22.1 Å². The number of fused-ring (bicyclic) bond motifs is 1. The van der Waals surface area contributed by atoms with Crippen molar-refractivity contribution in [3.05, 3.63) is 24.7 Å². The van der Waals surface area contributed by atoms with Gasteiger partial charge in [0.05, 0.1) is 0 Å². The summed E-state index contributed by atoms with van der Waals surface area (Å²) in [7, 11) is -1.81. The number of rotatable bonds is 6. The number of hydrogen-bond acceptors (Lipinski definition) is 6. The number of carboxylic acid groups (broad SMARTS) is 2. The first-order chi connectivity index (χ1) is 18.0. The van der Waals surface area contributed by atoms with E-state index in [0.29, 0.717) is 5.39 Å². The quantitative estimate of drug-likeness (QED) is 0.273. The third kappa shape index (κ3) is 6.04. The zero-order valence-electron chi connectivity index (χ0n) is 24.1. The van der Waals surface area contributed by atoms with Crippen LogP contribution in [0.3, 0.4) is 0 Å². The van der Waals surface area contributed by atoms with E-state index in [0.717, 1.165) is 40.6 Å². The molecule has 3 heterocycles. The fourth-order valence-electron chi connectivity index (χ4n) is 4.73. The maximum absolute atomic E-state index is 11.7. The van der Waals surface area contributed by atoms with E-state index in [2.05, 4.69) is 58.8 Å². The number of hydrogen-bond donors (Lipinski definition) is 2. The van der Waals surface area contributed by atoms with E-state index >= 15 is 0 Å². The second-order valence-electron chi connectivity index (χ2n) is 13.0. The third-order valence-electron chi connectivity index (χ3n) is 8.07. The molecule has 0 atom stereocenters. The zero-order valence-corrected chi connectivity index (χ0v) is 28.0. The predicted molar refractivity (Wildman–Crippen MR) is 156 cm³/mol. The van der Waals surface area contributed by atoms with Gasteiger partial charge in [-0.2, -0.15) is 0 Å². The summed E-state index contributed by atoms with van der Waals surface area (Å²) in [5.41, 5.74) is 1.72. The molecule has 2 N–H and O–H groups in total. The Labute approximate surface area is 234 Å². The van der Waals surface area contributed by atoms with E-state index in [4.69, 9.17) is 8.84 Å². The van der Waals surface area contributed by atoms with Gasteiger partial charge in [0.25, 0.3) is 0 Å². The van der Waals surface area contributed by atoms with Gasteiger partial charge < -0.3 is 0 Å². The van der Waals surface area contributed by atoms with Crippen LogP contribution in [-0.2, 0) is 4.43 Å². The Morgan fingerprint density at radius 3 is 2.26 bits per heavy atom. The van der Waals surface area contributed by atoms with Crippen molar-refractivity contribution < 1.29 is 28.6 Å². The number of amides is 2. The molecule has 0 unspecified atom stereocenters. The SMILES string of the molecule is CC(C)(C)[Si](C)(C)OC1CCC(n2cc(-c3cnc(N(C(=O)O)C(=O)O)c4o[c]([Sn]([CH3])([CH3])[CH3])cc34)cn2)CC1. The number of carbonyl (C=O) groups is 2. The Morgan fingerprint density at radius 2 is 1.72 bits per heavy atom. The molecule has 0 saturated heterocycles. The first-order valence-corrected chi connectivity index (χ1v) is 26.3. The molecule has 0 spiro atoms. The topological polar surface area (TPSA) is 131 Å². The first-order valence-electron chi connectivity index (χ1n) is 13.4. The van der Waals surface area contributed by atoms with Crippen LogP contribution >= 0.6 is 0 Å². The summed E-state index contributed by atoms with van der Waals surface area (Å²) in [6.07, 6.45) is 6.26. The van der Waals surface area contributed by atoms with Crippen molar-refractivity contribution in [3.8, 4) is 11.1 Å². The van der Waals surface area contributed by atoms with Crippen molar-refractivity contribution in [1.29, 1.82) is 0 Å². The standard InChI is InChI=1S/C24H31N4O6Si.3CH3.Sn/c1-24(2,3)35(4,5)34-17-8-6-16(7-9-17)27-14-15(12-26-27)19-13-25-21(20-18(19)10-11-33-20)28(22(29)30)23(31)32;;;;/h10,12-14,16-17H,6-9H2,1-5H3,(H,29,30)(H,31,32);3*1H3;. The van der Waals surface area contributed by atoms with Gasteiger partial charge in [-0.15, -0.1) is 0 Å². The fraction of sp³-hybridized carbons (Fsp3) is 0.556. The van der Waals surface area contributed by atoms with Gasteiger partial charge in [0.2, 0.25) is 0 Å². The molecule has 0 aliphatic heterocycles. The summed E-state index contributed by atoms with van der Waals surface area (Å²) >= 11 is -2.75. The van der Waals surface area contributed by atoms with Crippen molar-refractivity contribution in [2.24, 2.45) is 0 Å². The molecule has 12 heteroatoms. The number of pyridine rings is 1. The van der Waals surface area contributed by atoms with E-state index in [1.807, 2.05) is 16.9 Å². The molecule has 3 aromatic rings. The molecule has 39 heavy (non-hydrogen) atoms. The summed E-state index contributed by atoms with van der Waals surface area (Å²) in [6.45, 7) is 11.4. The number of furan rings is 1. The van der Waals surface area contributed by atoms with E-state index < -0.39 is 38.9 Å². The summed E-state index contributed by atoms with van der Waals surface area (Å²) < 4.78 is 15.6. The average Bonchev–Trinajstić information content (AvgIpc) is 3.46. The van der Waals surface area contributed by atoms with Crippen LogP contribution in [0.2, 0.25) is 33.0 Å². The molecule has 2 amide bonds.